The van der Waals surface area contributed by atoms with Crippen molar-refractivity contribution in [2.75, 3.05) is 32.9 Å². The second-order valence-corrected chi connectivity index (χ2v) is 3.86. The van der Waals surface area contributed by atoms with E-state index >= 15 is 0 Å². The van der Waals surface area contributed by atoms with E-state index in [2.05, 4.69) is 11.5 Å². The first kappa shape index (κ1) is 12.5. The maximum atomic E-state index is 10.1. The normalized spacial score (nSPS) is 30.3. The SMILES string of the molecule is C=C(F)F.OCC12CCCN1CCOC2. The molecule has 0 radical (unpaired) electrons. The number of nitrogens with zero attached hydrogens (tertiary/aromatic N) is 1. The summed E-state index contributed by atoms with van der Waals surface area (Å²) in [7, 11) is 0. The van der Waals surface area contributed by atoms with Gasteiger partial charge in [0.2, 0.25) is 0 Å². The van der Waals surface area contributed by atoms with Gasteiger partial charge in [-0.3, -0.25) is 4.90 Å². The number of fused-ring (bicyclic) bond motifs is 1. The van der Waals surface area contributed by atoms with Gasteiger partial charge < -0.3 is 9.84 Å². The quantitative estimate of drug-likeness (QED) is 0.723. The van der Waals surface area contributed by atoms with Crippen LogP contribution in [0.3, 0.4) is 0 Å². The van der Waals surface area contributed by atoms with Gasteiger partial charge in [-0.1, -0.05) is 0 Å². The summed E-state index contributed by atoms with van der Waals surface area (Å²) in [5.74, 6) is 0. The van der Waals surface area contributed by atoms with E-state index in [0.29, 0.717) is 0 Å². The van der Waals surface area contributed by atoms with Crippen LogP contribution in [0.1, 0.15) is 12.8 Å². The van der Waals surface area contributed by atoms with Crippen molar-refractivity contribution in [1.29, 1.82) is 0 Å². The zero-order valence-corrected chi connectivity index (χ0v) is 8.72. The fourth-order valence-corrected chi connectivity index (χ4v) is 2.17. The van der Waals surface area contributed by atoms with Crippen LogP contribution in [-0.2, 0) is 4.74 Å². The predicted octanol–water partition coefficient (Wildman–Crippen LogP) is 1.24. The molecule has 0 bridgehead atoms. The highest BCUT2D eigenvalue weighted by molar-refractivity contribution is 4.97. The summed E-state index contributed by atoms with van der Waals surface area (Å²) in [6.45, 7) is 6.18. The van der Waals surface area contributed by atoms with Crippen molar-refractivity contribution >= 4 is 0 Å². The third kappa shape index (κ3) is 3.22. The van der Waals surface area contributed by atoms with Crippen LogP contribution < -0.4 is 0 Å². The van der Waals surface area contributed by atoms with Crippen LogP contribution in [0.2, 0.25) is 0 Å². The molecule has 0 aromatic carbocycles. The van der Waals surface area contributed by atoms with Crippen molar-refractivity contribution in [3.8, 4) is 0 Å². The lowest BCUT2D eigenvalue weighted by Crippen LogP contribution is -2.55. The average Bonchev–Trinajstić information content (AvgIpc) is 2.60. The van der Waals surface area contributed by atoms with E-state index in [4.69, 9.17) is 4.74 Å². The minimum Gasteiger partial charge on any atom is -0.394 e. The maximum absolute atomic E-state index is 10.1. The molecule has 0 spiro atoms. The third-order valence-corrected chi connectivity index (χ3v) is 2.91. The number of hydrogen-bond donors (Lipinski definition) is 1. The van der Waals surface area contributed by atoms with E-state index in [-0.39, 0.29) is 12.1 Å². The Morgan fingerprint density at radius 2 is 2.13 bits per heavy atom. The smallest absolute Gasteiger partial charge is 0.263 e. The van der Waals surface area contributed by atoms with Crippen molar-refractivity contribution < 1.29 is 18.6 Å². The molecule has 2 rings (SSSR count). The van der Waals surface area contributed by atoms with Gasteiger partial charge >= 0.3 is 0 Å². The molecule has 5 heteroatoms. The van der Waals surface area contributed by atoms with Crippen molar-refractivity contribution in [3.05, 3.63) is 12.7 Å². The highest BCUT2D eigenvalue weighted by Crippen LogP contribution is 2.31. The zero-order valence-electron chi connectivity index (χ0n) is 8.72. The van der Waals surface area contributed by atoms with Crippen molar-refractivity contribution in [2.24, 2.45) is 0 Å². The number of aliphatic hydroxyl groups excluding tert-OH is 1. The van der Waals surface area contributed by atoms with E-state index < -0.39 is 6.08 Å². The van der Waals surface area contributed by atoms with Crippen LogP contribution in [0, 0.1) is 0 Å². The first-order valence-electron chi connectivity index (χ1n) is 5.04. The first-order chi connectivity index (χ1) is 7.10. The molecule has 2 fully saturated rings. The van der Waals surface area contributed by atoms with Crippen molar-refractivity contribution in [3.63, 3.8) is 0 Å². The average molecular weight is 221 g/mol. The lowest BCUT2D eigenvalue weighted by molar-refractivity contribution is -0.0699. The summed E-state index contributed by atoms with van der Waals surface area (Å²) in [6.07, 6.45) is 0.480. The van der Waals surface area contributed by atoms with Gasteiger partial charge in [0, 0.05) is 6.54 Å². The van der Waals surface area contributed by atoms with E-state index in [0.717, 1.165) is 32.7 Å². The topological polar surface area (TPSA) is 32.7 Å². The van der Waals surface area contributed by atoms with Crippen LogP contribution in [0.5, 0.6) is 0 Å². The molecule has 2 heterocycles. The van der Waals surface area contributed by atoms with Crippen LogP contribution in [0.4, 0.5) is 8.78 Å². The van der Waals surface area contributed by atoms with E-state index in [9.17, 15) is 13.9 Å². The maximum Gasteiger partial charge on any atom is 0.263 e. The highest BCUT2D eigenvalue weighted by atomic mass is 19.3. The predicted molar refractivity (Wildman–Crippen MR) is 52.8 cm³/mol. The fourth-order valence-electron chi connectivity index (χ4n) is 2.17. The van der Waals surface area contributed by atoms with Crippen molar-refractivity contribution in [2.45, 2.75) is 18.4 Å². The van der Waals surface area contributed by atoms with Gasteiger partial charge in [0.05, 0.1) is 25.4 Å². The summed E-state index contributed by atoms with van der Waals surface area (Å²) in [6, 6.07) is 0. The van der Waals surface area contributed by atoms with Gasteiger partial charge in [-0.15, -0.1) is 0 Å². The molecule has 0 aromatic heterocycles. The molecule has 2 saturated heterocycles. The Bertz CT molecular complexity index is 221. The summed E-state index contributed by atoms with van der Waals surface area (Å²) < 4.78 is 25.7. The van der Waals surface area contributed by atoms with Crippen LogP contribution in [-0.4, -0.2) is 48.5 Å². The summed E-state index contributed by atoms with van der Waals surface area (Å²) >= 11 is 0. The molecular formula is C10H17F2NO2. The van der Waals surface area contributed by atoms with Gasteiger partial charge in [0.1, 0.15) is 0 Å². The van der Waals surface area contributed by atoms with Gasteiger partial charge in [0.25, 0.3) is 6.08 Å². The Morgan fingerprint density at radius 3 is 2.67 bits per heavy atom. The number of halogens is 2. The number of ether oxygens (including phenoxy) is 1. The van der Waals surface area contributed by atoms with E-state index in [1.807, 2.05) is 0 Å². The molecule has 0 saturated carbocycles. The fraction of sp³-hybridized carbons (Fsp3) is 0.800. The molecular weight excluding hydrogens is 204 g/mol. The van der Waals surface area contributed by atoms with E-state index in [1.165, 1.54) is 6.42 Å². The molecule has 15 heavy (non-hydrogen) atoms. The van der Waals surface area contributed by atoms with Gasteiger partial charge in [-0.25, -0.2) is 0 Å². The summed E-state index contributed by atoms with van der Waals surface area (Å²) in [5.41, 5.74) is -0.00174. The van der Waals surface area contributed by atoms with Gasteiger partial charge in [-0.05, 0) is 26.0 Å². The van der Waals surface area contributed by atoms with Crippen molar-refractivity contribution in [1.82, 2.24) is 4.90 Å². The molecule has 88 valence electrons. The number of aliphatic hydroxyl groups is 1. The van der Waals surface area contributed by atoms with Crippen LogP contribution in [0.25, 0.3) is 0 Å². The molecule has 0 aliphatic carbocycles. The second-order valence-electron chi connectivity index (χ2n) is 3.86. The Balaban J connectivity index is 0.000000245. The number of rotatable bonds is 1. The minimum atomic E-state index is -1.83. The Hall–Kier alpha value is -0.520. The summed E-state index contributed by atoms with van der Waals surface area (Å²) in [4.78, 5) is 2.37. The molecule has 3 nitrogen and oxygen atoms in total. The molecule has 0 amide bonds. The second kappa shape index (κ2) is 5.53. The third-order valence-electron chi connectivity index (χ3n) is 2.91. The number of hydrogen-bond acceptors (Lipinski definition) is 3. The monoisotopic (exact) mass is 221 g/mol. The molecule has 2 aliphatic rings. The Kier molecular flexibility index (Phi) is 4.63. The Labute approximate surface area is 88.3 Å². The van der Waals surface area contributed by atoms with Gasteiger partial charge in [-0.2, -0.15) is 8.78 Å². The minimum absolute atomic E-state index is 0.00174. The molecule has 2 aliphatic heterocycles. The van der Waals surface area contributed by atoms with E-state index in [1.54, 1.807) is 0 Å². The molecule has 1 atom stereocenters. The molecule has 0 aromatic rings. The molecule has 1 unspecified atom stereocenters. The first-order valence-corrected chi connectivity index (χ1v) is 5.04. The molecule has 1 N–H and O–H groups in total. The Morgan fingerprint density at radius 1 is 1.47 bits per heavy atom. The lowest BCUT2D eigenvalue weighted by Gasteiger charge is -2.40. The van der Waals surface area contributed by atoms with Crippen LogP contribution in [0.15, 0.2) is 12.7 Å². The number of morpholine rings is 1. The van der Waals surface area contributed by atoms with Gasteiger partial charge in [0.15, 0.2) is 0 Å². The highest BCUT2D eigenvalue weighted by Gasteiger charge is 2.42. The standard InChI is InChI=1S/C8H15NO2.C2H2F2/c10-6-8-2-1-3-9(8)4-5-11-7-8;1-2(3)4/h10H,1-7H2;1H2. The van der Waals surface area contributed by atoms with Crippen LogP contribution >= 0.6 is 0 Å². The summed E-state index contributed by atoms with van der Waals surface area (Å²) in [5, 5.41) is 9.23. The lowest BCUT2D eigenvalue weighted by atomic mass is 9.97. The largest absolute Gasteiger partial charge is 0.394 e. The zero-order chi connectivity index (χ0) is 11.3.